The van der Waals surface area contributed by atoms with Crippen LogP contribution in [0.5, 0.6) is 0 Å². The highest BCUT2D eigenvalue weighted by Gasteiger charge is 2.17. The molecule has 12 heteroatoms. The largest absolute Gasteiger partial charge is 0.412 e. The summed E-state index contributed by atoms with van der Waals surface area (Å²) < 4.78 is 1.33. The van der Waals surface area contributed by atoms with Crippen LogP contribution in [0.4, 0.5) is 0 Å². The van der Waals surface area contributed by atoms with E-state index in [-0.39, 0.29) is 32.9 Å². The minimum absolute atomic E-state index is 0. The second-order valence-corrected chi connectivity index (χ2v) is 4.76. The van der Waals surface area contributed by atoms with Gasteiger partial charge in [-0.3, -0.25) is 0 Å². The summed E-state index contributed by atoms with van der Waals surface area (Å²) in [4.78, 5) is 4.11. The van der Waals surface area contributed by atoms with Crippen molar-refractivity contribution in [3.05, 3.63) is 0 Å². The van der Waals surface area contributed by atoms with E-state index in [4.69, 9.17) is 24.4 Å². The quantitative estimate of drug-likeness (QED) is 0.334. The predicted molar refractivity (Wildman–Crippen MR) is 88.0 cm³/mol. The molecule has 1 heterocycles. The second-order valence-electron chi connectivity index (χ2n) is 2.54. The van der Waals surface area contributed by atoms with E-state index in [1.807, 2.05) is 0 Å². The summed E-state index contributed by atoms with van der Waals surface area (Å²) in [7, 11) is 0. The van der Waals surface area contributed by atoms with Crippen molar-refractivity contribution in [2.24, 2.45) is 0 Å². The Morgan fingerprint density at radius 1 is 0.611 bits per heavy atom. The lowest BCUT2D eigenvalue weighted by atomic mass is 10.4. The molecule has 0 bridgehead atoms. The van der Waals surface area contributed by atoms with Gasteiger partial charge in [-0.2, -0.15) is 0 Å². The van der Waals surface area contributed by atoms with Crippen LogP contribution in [0.25, 0.3) is 0 Å². The van der Waals surface area contributed by atoms with Crippen LogP contribution in [0.3, 0.4) is 0 Å². The number of rotatable bonds is 0. The summed E-state index contributed by atoms with van der Waals surface area (Å²) >= 11 is 18.1. The highest BCUT2D eigenvalue weighted by molar-refractivity contribution is 8.11. The molecule has 0 radical (unpaired) electrons. The Morgan fingerprint density at radius 3 is 0.889 bits per heavy atom. The molecule has 0 spiro atoms. The van der Waals surface area contributed by atoms with Crippen LogP contribution in [0.15, 0.2) is 0 Å². The van der Waals surface area contributed by atoms with Gasteiger partial charge in [0.25, 0.3) is 0 Å². The monoisotopic (exact) mass is 346 g/mol. The molecule has 0 aromatic carbocycles. The lowest BCUT2D eigenvalue weighted by Crippen LogP contribution is -2.47. The Balaban J connectivity index is -0.0000000600. The molecule has 0 atom stereocenters. The summed E-state index contributed by atoms with van der Waals surface area (Å²) in [5.41, 5.74) is 0. The van der Waals surface area contributed by atoms with Gasteiger partial charge in [0.1, 0.15) is 8.64 Å². The van der Waals surface area contributed by atoms with Gasteiger partial charge < -0.3 is 42.7 Å². The third-order valence-electron chi connectivity index (χ3n) is 1.82. The third-order valence-corrected chi connectivity index (χ3v) is 2.90. The van der Waals surface area contributed by atoms with E-state index in [0.717, 1.165) is 26.2 Å². The predicted octanol–water partition coefficient (Wildman–Crippen LogP) is -3.91. The lowest BCUT2D eigenvalue weighted by Gasteiger charge is -2.35. The molecule has 1 rings (SSSR count). The van der Waals surface area contributed by atoms with Gasteiger partial charge in [0.05, 0.1) is 0 Å². The summed E-state index contributed by atoms with van der Waals surface area (Å²) in [5, 5.41) is 0. The van der Waals surface area contributed by atoms with Crippen LogP contribution in [0, 0.1) is 0 Å². The molecule has 116 valence electrons. The van der Waals surface area contributed by atoms with Crippen molar-refractivity contribution in [3.63, 3.8) is 0 Å². The topological polar surface area (TPSA) is 195 Å². The van der Waals surface area contributed by atoms with Crippen LogP contribution in [0.2, 0.25) is 0 Å². The van der Waals surface area contributed by atoms with Crippen LogP contribution < -0.4 is 0 Å². The maximum atomic E-state index is 4.94. The number of hydrogen-bond donors (Lipinski definition) is 2. The average Bonchev–Trinajstić information content (AvgIpc) is 2.04. The molecule has 0 aliphatic carbocycles. The Kier molecular flexibility index (Phi) is 34.7. The minimum atomic E-state index is 0. The Bertz CT molecular complexity index is 192. The summed E-state index contributed by atoms with van der Waals surface area (Å²) in [6.45, 7) is 3.57. The van der Waals surface area contributed by atoms with Crippen LogP contribution in [-0.2, 0) is 0 Å². The molecular weight excluding hydrogens is 324 g/mol. The van der Waals surface area contributed by atoms with E-state index in [1.54, 1.807) is 0 Å². The molecule has 1 saturated heterocycles. The zero-order valence-electron chi connectivity index (χ0n) is 9.43. The van der Waals surface area contributed by atoms with Crippen LogP contribution >= 0.6 is 49.7 Å². The van der Waals surface area contributed by atoms with E-state index >= 15 is 0 Å². The molecule has 1 fully saturated rings. The van der Waals surface area contributed by atoms with Crippen LogP contribution in [-0.4, -0.2) is 77.5 Å². The van der Waals surface area contributed by atoms with Crippen molar-refractivity contribution in [2.45, 2.75) is 0 Å². The molecule has 1 aliphatic heterocycles. The smallest absolute Gasteiger partial charge is 0.133 e. The number of nitrogens with zero attached hydrogens (tertiary/aromatic N) is 2. The molecular formula is C6H22N2O6S4. The average molecular weight is 347 g/mol. The van der Waals surface area contributed by atoms with Crippen molar-refractivity contribution in [1.82, 2.24) is 9.80 Å². The van der Waals surface area contributed by atoms with Gasteiger partial charge in [-0.05, 0) is 0 Å². The fraction of sp³-hybridized carbons (Fsp3) is 0.667. The molecule has 12 N–H and O–H groups in total. The zero-order chi connectivity index (χ0) is 9.14. The Hall–Kier alpha value is 0.240. The first-order valence-corrected chi connectivity index (χ1v) is 5.28. The molecule has 0 aromatic rings. The van der Waals surface area contributed by atoms with E-state index in [2.05, 4.69) is 35.1 Å². The molecule has 0 saturated carbocycles. The van der Waals surface area contributed by atoms with E-state index in [1.165, 1.54) is 0 Å². The second kappa shape index (κ2) is 17.2. The van der Waals surface area contributed by atoms with Crippen molar-refractivity contribution < 1.29 is 32.9 Å². The summed E-state index contributed by atoms with van der Waals surface area (Å²) in [6.07, 6.45) is 0. The minimum Gasteiger partial charge on any atom is -0.412 e. The molecule has 18 heavy (non-hydrogen) atoms. The zero-order valence-corrected chi connectivity index (χ0v) is 12.9. The summed E-state index contributed by atoms with van der Waals surface area (Å²) in [6, 6.07) is 0. The highest BCUT2D eigenvalue weighted by atomic mass is 32.1. The maximum Gasteiger partial charge on any atom is 0.133 e. The number of thiocarbonyl (C=S) groups is 2. The standard InChI is InChI=1S/C6H10N2S4.6H2O/c9-5(10)7-1-2-8(4-3-7)6(11)12;;;;;;/h1-4H2,(H,9,10)(H,11,12);6*1H2. The van der Waals surface area contributed by atoms with Gasteiger partial charge in [0.15, 0.2) is 0 Å². The SMILES string of the molecule is O.O.O.O.O.O.S=C(S)N1CCN(C(=S)S)CC1. The first kappa shape index (κ1) is 36.2. The fourth-order valence-electron chi connectivity index (χ4n) is 1.09. The van der Waals surface area contributed by atoms with Gasteiger partial charge in [-0.1, -0.05) is 24.4 Å². The maximum absolute atomic E-state index is 4.94. The van der Waals surface area contributed by atoms with Gasteiger partial charge in [0, 0.05) is 26.2 Å². The summed E-state index contributed by atoms with van der Waals surface area (Å²) in [5.74, 6) is 0. The van der Waals surface area contributed by atoms with Crippen molar-refractivity contribution in [3.8, 4) is 0 Å². The first-order valence-electron chi connectivity index (χ1n) is 3.57. The highest BCUT2D eigenvalue weighted by Crippen LogP contribution is 2.06. The van der Waals surface area contributed by atoms with Gasteiger partial charge in [0.2, 0.25) is 0 Å². The van der Waals surface area contributed by atoms with Crippen molar-refractivity contribution in [1.29, 1.82) is 0 Å². The molecule has 8 nitrogen and oxygen atoms in total. The van der Waals surface area contributed by atoms with E-state index < -0.39 is 0 Å². The van der Waals surface area contributed by atoms with Crippen molar-refractivity contribution >= 4 is 58.3 Å². The third kappa shape index (κ3) is 11.3. The van der Waals surface area contributed by atoms with Gasteiger partial charge in [-0.15, -0.1) is 25.3 Å². The molecule has 1 aliphatic rings. The normalized spacial score (nSPS) is 11.9. The van der Waals surface area contributed by atoms with Crippen molar-refractivity contribution in [2.75, 3.05) is 26.2 Å². The fourth-order valence-corrected chi connectivity index (χ4v) is 1.85. The van der Waals surface area contributed by atoms with Gasteiger partial charge in [-0.25, -0.2) is 0 Å². The lowest BCUT2D eigenvalue weighted by molar-refractivity contribution is 0.271. The molecule has 0 aromatic heterocycles. The Labute approximate surface area is 127 Å². The van der Waals surface area contributed by atoms with E-state index in [9.17, 15) is 0 Å². The van der Waals surface area contributed by atoms with E-state index in [0.29, 0.717) is 8.64 Å². The molecule has 0 amide bonds. The van der Waals surface area contributed by atoms with Crippen LogP contribution in [0.1, 0.15) is 0 Å². The molecule has 0 unspecified atom stereocenters. The number of thiol groups is 2. The first-order chi connectivity index (χ1) is 5.61. The number of hydrogen-bond acceptors (Lipinski definition) is 2. The number of piperazine rings is 1. The Morgan fingerprint density at radius 2 is 0.778 bits per heavy atom. The van der Waals surface area contributed by atoms with Gasteiger partial charge >= 0.3 is 0 Å².